The zero-order valence-electron chi connectivity index (χ0n) is 17.3. The highest BCUT2D eigenvalue weighted by molar-refractivity contribution is 5.98. The zero-order chi connectivity index (χ0) is 20.8. The van der Waals surface area contributed by atoms with Crippen LogP contribution in [0, 0.1) is 0 Å². The number of ketones is 1. The monoisotopic (exact) mass is 396 g/mol. The molecule has 6 heteroatoms. The summed E-state index contributed by atoms with van der Waals surface area (Å²) in [5.74, 6) is 1.02. The van der Waals surface area contributed by atoms with Gasteiger partial charge in [0.1, 0.15) is 0 Å². The number of methoxy groups -OCH3 is 2. The quantitative estimate of drug-likeness (QED) is 0.673. The van der Waals surface area contributed by atoms with Crippen LogP contribution in [0.5, 0.6) is 11.5 Å². The molecule has 1 unspecified atom stereocenters. The van der Waals surface area contributed by atoms with Crippen molar-refractivity contribution in [2.75, 3.05) is 40.9 Å². The minimum absolute atomic E-state index is 0.0126. The molecule has 3 rings (SSSR count). The van der Waals surface area contributed by atoms with Crippen LogP contribution in [0.4, 0.5) is 0 Å². The number of carbonyl (C=O) groups is 2. The molecule has 1 aliphatic rings. The van der Waals surface area contributed by atoms with Crippen molar-refractivity contribution in [2.45, 2.75) is 18.9 Å². The lowest BCUT2D eigenvalue weighted by Crippen LogP contribution is -2.49. The highest BCUT2D eigenvalue weighted by atomic mass is 16.5. The van der Waals surface area contributed by atoms with Crippen molar-refractivity contribution in [3.8, 4) is 11.5 Å². The predicted octanol–water partition coefficient (Wildman–Crippen LogP) is 3.18. The van der Waals surface area contributed by atoms with Gasteiger partial charge in [-0.25, -0.2) is 0 Å². The van der Waals surface area contributed by atoms with Crippen molar-refractivity contribution in [1.29, 1.82) is 0 Å². The van der Waals surface area contributed by atoms with E-state index in [0.717, 1.165) is 18.7 Å². The number of benzene rings is 2. The minimum atomic E-state index is -0.0790. The van der Waals surface area contributed by atoms with E-state index in [1.54, 1.807) is 25.3 Å². The Morgan fingerprint density at radius 3 is 2.38 bits per heavy atom. The second kappa shape index (κ2) is 9.56. The molecule has 0 aliphatic carbocycles. The molecule has 1 fully saturated rings. The van der Waals surface area contributed by atoms with Gasteiger partial charge in [0.05, 0.1) is 20.3 Å². The number of hydrogen-bond acceptors (Lipinski definition) is 5. The number of likely N-dealkylation sites (N-methyl/N-ethyl adjacent to an activating group) is 1. The molecule has 1 amide bonds. The van der Waals surface area contributed by atoms with Crippen LogP contribution >= 0.6 is 0 Å². The number of hydrogen-bond donors (Lipinski definition) is 0. The topological polar surface area (TPSA) is 59.1 Å². The summed E-state index contributed by atoms with van der Waals surface area (Å²) in [4.78, 5) is 29.7. The molecule has 1 atom stereocenters. The van der Waals surface area contributed by atoms with Gasteiger partial charge < -0.3 is 19.3 Å². The first kappa shape index (κ1) is 20.9. The van der Waals surface area contributed by atoms with E-state index >= 15 is 0 Å². The van der Waals surface area contributed by atoms with E-state index in [-0.39, 0.29) is 30.6 Å². The van der Waals surface area contributed by atoms with Gasteiger partial charge in [0.15, 0.2) is 17.3 Å². The Balaban J connectivity index is 1.66. The molecular weight excluding hydrogens is 368 g/mol. The average molecular weight is 396 g/mol. The first-order valence-corrected chi connectivity index (χ1v) is 9.81. The van der Waals surface area contributed by atoms with Crippen LogP contribution in [0.15, 0.2) is 48.5 Å². The molecule has 1 aliphatic heterocycles. The van der Waals surface area contributed by atoms with E-state index in [9.17, 15) is 9.59 Å². The Bertz CT molecular complexity index is 853. The van der Waals surface area contributed by atoms with Crippen LogP contribution in [0.2, 0.25) is 0 Å². The molecule has 29 heavy (non-hydrogen) atoms. The third kappa shape index (κ3) is 4.95. The second-order valence-corrected chi connectivity index (χ2v) is 7.27. The lowest BCUT2D eigenvalue weighted by atomic mass is 10.0. The molecule has 0 N–H and O–H groups in total. The highest BCUT2D eigenvalue weighted by Crippen LogP contribution is 2.29. The standard InChI is InChI=1S/C23H28N2O4/c1-24-13-14-25(19(16-24)17-7-5-4-6-8-17)23(27)12-10-20(26)18-9-11-21(28-2)22(15-18)29-3/h4-9,11,15,19H,10,12-14,16H2,1-3H3. The van der Waals surface area contributed by atoms with E-state index in [4.69, 9.17) is 9.47 Å². The summed E-state index contributed by atoms with van der Waals surface area (Å²) in [5, 5.41) is 0. The van der Waals surface area contributed by atoms with Crippen LogP contribution < -0.4 is 9.47 Å². The van der Waals surface area contributed by atoms with E-state index in [2.05, 4.69) is 24.1 Å². The third-order valence-corrected chi connectivity index (χ3v) is 5.36. The molecule has 0 saturated carbocycles. The number of ether oxygens (including phenoxy) is 2. The number of Topliss-reactive ketones (excluding diaryl/α,β-unsaturated/α-hetero) is 1. The second-order valence-electron chi connectivity index (χ2n) is 7.27. The van der Waals surface area contributed by atoms with Crippen LogP contribution in [-0.4, -0.2) is 62.4 Å². The number of piperazine rings is 1. The molecule has 1 heterocycles. The van der Waals surface area contributed by atoms with Crippen molar-refractivity contribution in [2.24, 2.45) is 0 Å². The van der Waals surface area contributed by atoms with Crippen LogP contribution in [-0.2, 0) is 4.79 Å². The fourth-order valence-electron chi connectivity index (χ4n) is 3.70. The molecule has 2 aromatic rings. The normalized spacial score (nSPS) is 17.1. The first-order valence-electron chi connectivity index (χ1n) is 9.81. The Morgan fingerprint density at radius 1 is 0.966 bits per heavy atom. The minimum Gasteiger partial charge on any atom is -0.493 e. The highest BCUT2D eigenvalue weighted by Gasteiger charge is 2.30. The summed E-state index contributed by atoms with van der Waals surface area (Å²) >= 11 is 0. The van der Waals surface area contributed by atoms with Gasteiger partial charge in [-0.2, -0.15) is 0 Å². The Morgan fingerprint density at radius 2 is 1.69 bits per heavy atom. The van der Waals surface area contributed by atoms with Gasteiger partial charge in [-0.05, 0) is 30.8 Å². The lowest BCUT2D eigenvalue weighted by Gasteiger charge is -2.40. The molecular formula is C23H28N2O4. The smallest absolute Gasteiger partial charge is 0.223 e. The summed E-state index contributed by atoms with van der Waals surface area (Å²) < 4.78 is 10.5. The maximum absolute atomic E-state index is 13.0. The number of nitrogens with zero attached hydrogens (tertiary/aromatic N) is 2. The van der Waals surface area contributed by atoms with Crippen molar-refractivity contribution in [3.63, 3.8) is 0 Å². The summed E-state index contributed by atoms with van der Waals surface area (Å²) in [6.07, 6.45) is 0.363. The Labute approximate surface area is 172 Å². The van der Waals surface area contributed by atoms with Gasteiger partial charge in [0.2, 0.25) is 5.91 Å². The Hall–Kier alpha value is -2.86. The van der Waals surface area contributed by atoms with Gasteiger partial charge in [-0.1, -0.05) is 30.3 Å². The maximum atomic E-state index is 13.0. The molecule has 154 valence electrons. The molecule has 0 bridgehead atoms. The van der Waals surface area contributed by atoms with E-state index < -0.39 is 0 Å². The van der Waals surface area contributed by atoms with Crippen LogP contribution in [0.1, 0.15) is 34.8 Å². The van der Waals surface area contributed by atoms with E-state index in [1.807, 2.05) is 23.1 Å². The van der Waals surface area contributed by atoms with Gasteiger partial charge in [0.25, 0.3) is 0 Å². The number of amides is 1. The summed E-state index contributed by atoms with van der Waals surface area (Å²) in [6, 6.07) is 15.2. The Kier molecular flexibility index (Phi) is 6.88. The van der Waals surface area contributed by atoms with E-state index in [1.165, 1.54) is 7.11 Å². The molecule has 1 saturated heterocycles. The zero-order valence-corrected chi connectivity index (χ0v) is 17.3. The summed E-state index contributed by atoms with van der Waals surface area (Å²) in [7, 11) is 5.16. The molecule has 2 aromatic carbocycles. The fourth-order valence-corrected chi connectivity index (χ4v) is 3.70. The fraction of sp³-hybridized carbons (Fsp3) is 0.391. The van der Waals surface area contributed by atoms with Gasteiger partial charge in [-0.15, -0.1) is 0 Å². The van der Waals surface area contributed by atoms with Gasteiger partial charge in [-0.3, -0.25) is 9.59 Å². The van der Waals surface area contributed by atoms with Crippen LogP contribution in [0.25, 0.3) is 0 Å². The van der Waals surface area contributed by atoms with Crippen molar-refractivity contribution in [3.05, 3.63) is 59.7 Å². The van der Waals surface area contributed by atoms with Crippen LogP contribution in [0.3, 0.4) is 0 Å². The van der Waals surface area contributed by atoms with Gasteiger partial charge >= 0.3 is 0 Å². The van der Waals surface area contributed by atoms with E-state index in [0.29, 0.717) is 23.6 Å². The predicted molar refractivity (Wildman–Crippen MR) is 112 cm³/mol. The molecule has 0 aromatic heterocycles. The number of carbonyl (C=O) groups excluding carboxylic acids is 2. The SMILES string of the molecule is COc1ccc(C(=O)CCC(=O)N2CCN(C)CC2c2ccccc2)cc1OC. The third-order valence-electron chi connectivity index (χ3n) is 5.36. The molecule has 0 spiro atoms. The summed E-state index contributed by atoms with van der Waals surface area (Å²) in [5.41, 5.74) is 1.65. The van der Waals surface area contributed by atoms with Crippen molar-refractivity contribution < 1.29 is 19.1 Å². The molecule has 6 nitrogen and oxygen atoms in total. The van der Waals surface area contributed by atoms with Crippen molar-refractivity contribution >= 4 is 11.7 Å². The lowest BCUT2D eigenvalue weighted by molar-refractivity contribution is -0.136. The maximum Gasteiger partial charge on any atom is 0.223 e. The first-order chi connectivity index (χ1) is 14.0. The number of rotatable bonds is 7. The average Bonchev–Trinajstić information content (AvgIpc) is 2.77. The van der Waals surface area contributed by atoms with Crippen molar-refractivity contribution in [1.82, 2.24) is 9.80 Å². The van der Waals surface area contributed by atoms with Gasteiger partial charge in [0, 0.05) is 38.0 Å². The molecule has 0 radical (unpaired) electrons. The largest absolute Gasteiger partial charge is 0.493 e. The summed E-state index contributed by atoms with van der Waals surface area (Å²) in [6.45, 7) is 2.29.